The van der Waals surface area contributed by atoms with Crippen LogP contribution in [0.2, 0.25) is 0 Å². The molecule has 0 unspecified atom stereocenters. The summed E-state index contributed by atoms with van der Waals surface area (Å²) in [6, 6.07) is 6.97. The Balaban J connectivity index is 1.81. The van der Waals surface area contributed by atoms with Crippen molar-refractivity contribution in [3.05, 3.63) is 40.5 Å². The number of hydrogen-bond acceptors (Lipinski definition) is 0. The summed E-state index contributed by atoms with van der Waals surface area (Å²) in [7, 11) is 0. The molecular weight excluding hydrogens is 228 g/mol. The van der Waals surface area contributed by atoms with Gasteiger partial charge in [0.1, 0.15) is 0 Å². The largest absolute Gasteiger partial charge is 0.0626 e. The second kappa shape index (κ2) is 5.53. The molecule has 2 aliphatic rings. The van der Waals surface area contributed by atoms with Crippen molar-refractivity contribution in [2.24, 2.45) is 11.8 Å². The topological polar surface area (TPSA) is 0 Å². The van der Waals surface area contributed by atoms with Crippen LogP contribution in [0.15, 0.2) is 23.8 Å². The molecule has 0 bridgehead atoms. The molecule has 19 heavy (non-hydrogen) atoms. The highest BCUT2D eigenvalue weighted by Gasteiger charge is 2.20. The predicted molar refractivity (Wildman–Crippen MR) is 83.2 cm³/mol. The maximum atomic E-state index is 2.48. The predicted octanol–water partition coefficient (Wildman–Crippen LogP) is 5.40. The molecule has 0 atom stereocenters. The number of rotatable bonds is 3. The molecule has 2 aliphatic carbocycles. The van der Waals surface area contributed by atoms with Crippen LogP contribution in [0.3, 0.4) is 0 Å². The fourth-order valence-corrected chi connectivity index (χ4v) is 3.71. The van der Waals surface area contributed by atoms with Crippen molar-refractivity contribution < 1.29 is 0 Å². The van der Waals surface area contributed by atoms with Crippen molar-refractivity contribution in [1.82, 2.24) is 0 Å². The molecule has 102 valence electrons. The first kappa shape index (κ1) is 13.0. The van der Waals surface area contributed by atoms with Gasteiger partial charge in [0.2, 0.25) is 0 Å². The Morgan fingerprint density at radius 1 is 1.11 bits per heavy atom. The van der Waals surface area contributed by atoms with Gasteiger partial charge in [0.05, 0.1) is 0 Å². The maximum Gasteiger partial charge on any atom is -0.00552 e. The van der Waals surface area contributed by atoms with Gasteiger partial charge in [-0.2, -0.15) is 0 Å². The Morgan fingerprint density at radius 3 is 2.63 bits per heavy atom. The van der Waals surface area contributed by atoms with Gasteiger partial charge >= 0.3 is 0 Å². The third-order valence-electron chi connectivity index (χ3n) is 4.99. The standard InChI is InChI=1S/C19H26/c1-14(2)18-12-17-10-6-9-16(19(17)13-18)11-15-7-4-3-5-8-15/h6,9-10,13-15H,3-5,7-8,11-12H2,1-2H3. The maximum absolute atomic E-state index is 2.48. The lowest BCUT2D eigenvalue weighted by Gasteiger charge is -2.22. The van der Waals surface area contributed by atoms with E-state index in [0.29, 0.717) is 5.92 Å². The second-order valence-electron chi connectivity index (χ2n) is 6.75. The van der Waals surface area contributed by atoms with Gasteiger partial charge in [-0.25, -0.2) is 0 Å². The van der Waals surface area contributed by atoms with E-state index in [1.807, 2.05) is 0 Å². The molecule has 0 saturated heterocycles. The monoisotopic (exact) mass is 254 g/mol. The van der Waals surface area contributed by atoms with Crippen molar-refractivity contribution in [2.45, 2.75) is 58.8 Å². The molecule has 0 nitrogen and oxygen atoms in total. The molecule has 1 aromatic rings. The van der Waals surface area contributed by atoms with Crippen LogP contribution in [0.5, 0.6) is 0 Å². The number of fused-ring (bicyclic) bond motifs is 1. The molecule has 1 aromatic carbocycles. The third kappa shape index (κ3) is 2.78. The normalized spacial score (nSPS) is 19.6. The van der Waals surface area contributed by atoms with Crippen LogP contribution in [0.1, 0.15) is 62.6 Å². The van der Waals surface area contributed by atoms with Crippen LogP contribution < -0.4 is 0 Å². The van der Waals surface area contributed by atoms with Gasteiger partial charge in [-0.15, -0.1) is 0 Å². The Bertz CT molecular complexity index is 473. The van der Waals surface area contributed by atoms with Crippen molar-refractivity contribution in [2.75, 3.05) is 0 Å². The van der Waals surface area contributed by atoms with E-state index in [-0.39, 0.29) is 0 Å². The van der Waals surface area contributed by atoms with E-state index < -0.39 is 0 Å². The SMILES string of the molecule is CC(C)C1=Cc2c(cccc2CC2CCCCC2)C1. The summed E-state index contributed by atoms with van der Waals surface area (Å²) >= 11 is 0. The lowest BCUT2D eigenvalue weighted by Crippen LogP contribution is -2.10. The van der Waals surface area contributed by atoms with Crippen molar-refractivity contribution in [3.63, 3.8) is 0 Å². The summed E-state index contributed by atoms with van der Waals surface area (Å²) in [5, 5.41) is 0. The van der Waals surface area contributed by atoms with Crippen molar-refractivity contribution >= 4 is 6.08 Å². The molecule has 0 radical (unpaired) electrons. The first-order valence-electron chi connectivity index (χ1n) is 8.05. The zero-order valence-electron chi connectivity index (χ0n) is 12.4. The van der Waals surface area contributed by atoms with Gasteiger partial charge in [-0.05, 0) is 41.4 Å². The molecule has 0 spiro atoms. The van der Waals surface area contributed by atoms with E-state index in [9.17, 15) is 0 Å². The molecule has 0 aliphatic heterocycles. The Hall–Kier alpha value is -1.04. The highest BCUT2D eigenvalue weighted by molar-refractivity contribution is 5.67. The lowest BCUT2D eigenvalue weighted by atomic mass is 9.83. The van der Waals surface area contributed by atoms with E-state index in [4.69, 9.17) is 0 Å². The van der Waals surface area contributed by atoms with Gasteiger partial charge in [0.15, 0.2) is 0 Å². The van der Waals surface area contributed by atoms with E-state index in [0.717, 1.165) is 5.92 Å². The molecule has 0 amide bonds. The zero-order chi connectivity index (χ0) is 13.2. The fraction of sp³-hybridized carbons (Fsp3) is 0.579. The summed E-state index contributed by atoms with van der Waals surface area (Å²) in [5.41, 5.74) is 6.36. The molecule has 0 N–H and O–H groups in total. The van der Waals surface area contributed by atoms with E-state index in [2.05, 4.69) is 38.1 Å². The number of hydrogen-bond donors (Lipinski definition) is 0. The van der Waals surface area contributed by atoms with Gasteiger partial charge in [-0.3, -0.25) is 0 Å². The molecule has 0 heteroatoms. The summed E-state index contributed by atoms with van der Waals surface area (Å²) < 4.78 is 0. The van der Waals surface area contributed by atoms with Crippen LogP contribution in [0.4, 0.5) is 0 Å². The summed E-state index contributed by atoms with van der Waals surface area (Å²) in [5.74, 6) is 1.63. The molecule has 0 heterocycles. The number of benzene rings is 1. The smallest absolute Gasteiger partial charge is 0.00552 e. The van der Waals surface area contributed by atoms with Crippen LogP contribution in [0, 0.1) is 11.8 Å². The van der Waals surface area contributed by atoms with Crippen LogP contribution in [-0.4, -0.2) is 0 Å². The minimum Gasteiger partial charge on any atom is -0.0626 e. The first-order valence-corrected chi connectivity index (χ1v) is 8.05. The fourth-order valence-electron chi connectivity index (χ4n) is 3.71. The van der Waals surface area contributed by atoms with Crippen LogP contribution in [0.25, 0.3) is 6.08 Å². The molecular formula is C19H26. The number of allylic oxidation sites excluding steroid dienone is 1. The van der Waals surface area contributed by atoms with Gasteiger partial charge in [-0.1, -0.05) is 75.8 Å². The third-order valence-corrected chi connectivity index (χ3v) is 4.99. The molecule has 3 rings (SSSR count). The molecule has 0 aromatic heterocycles. The summed E-state index contributed by atoms with van der Waals surface area (Å²) in [6.45, 7) is 4.64. The van der Waals surface area contributed by atoms with Gasteiger partial charge in [0, 0.05) is 0 Å². The zero-order valence-corrected chi connectivity index (χ0v) is 12.4. The Kier molecular flexibility index (Phi) is 3.77. The minimum absolute atomic E-state index is 0.690. The van der Waals surface area contributed by atoms with Crippen LogP contribution in [-0.2, 0) is 12.8 Å². The Morgan fingerprint density at radius 2 is 1.89 bits per heavy atom. The van der Waals surface area contributed by atoms with Crippen LogP contribution >= 0.6 is 0 Å². The highest BCUT2D eigenvalue weighted by atomic mass is 14.2. The van der Waals surface area contributed by atoms with Crippen molar-refractivity contribution in [1.29, 1.82) is 0 Å². The second-order valence-corrected chi connectivity index (χ2v) is 6.75. The minimum atomic E-state index is 0.690. The summed E-state index contributed by atoms with van der Waals surface area (Å²) in [4.78, 5) is 0. The van der Waals surface area contributed by atoms with Gasteiger partial charge in [0.25, 0.3) is 0 Å². The first-order chi connectivity index (χ1) is 9.24. The van der Waals surface area contributed by atoms with E-state index >= 15 is 0 Å². The lowest BCUT2D eigenvalue weighted by molar-refractivity contribution is 0.356. The average molecular weight is 254 g/mol. The van der Waals surface area contributed by atoms with E-state index in [1.54, 1.807) is 22.3 Å². The average Bonchev–Trinajstić information content (AvgIpc) is 2.85. The Labute approximate surface area is 117 Å². The molecule has 1 fully saturated rings. The van der Waals surface area contributed by atoms with E-state index in [1.165, 1.54) is 44.9 Å². The van der Waals surface area contributed by atoms with Gasteiger partial charge < -0.3 is 0 Å². The quantitative estimate of drug-likeness (QED) is 0.677. The van der Waals surface area contributed by atoms with Crippen molar-refractivity contribution in [3.8, 4) is 0 Å². The highest BCUT2D eigenvalue weighted by Crippen LogP contribution is 2.34. The molecule has 1 saturated carbocycles. The summed E-state index contributed by atoms with van der Waals surface area (Å²) in [6.07, 6.45) is 12.2.